The van der Waals surface area contributed by atoms with Crippen molar-refractivity contribution in [3.63, 3.8) is 0 Å². The van der Waals surface area contributed by atoms with E-state index in [0.717, 1.165) is 24.3 Å². The summed E-state index contributed by atoms with van der Waals surface area (Å²) in [5.74, 6) is 0. The number of alkyl halides is 6. The normalized spacial score (nSPS) is 22.4. The van der Waals surface area contributed by atoms with Crippen LogP contribution in [0.4, 0.5) is 26.3 Å². The van der Waals surface area contributed by atoms with Crippen molar-refractivity contribution < 1.29 is 45.0 Å². The second-order valence-corrected chi connectivity index (χ2v) is 12.2. The fraction of sp³-hybridized carbons (Fsp3) is 0.500. The van der Waals surface area contributed by atoms with Crippen molar-refractivity contribution in [3.8, 4) is 0 Å². The first-order chi connectivity index (χ1) is 18.1. The zero-order chi connectivity index (χ0) is 30.1. The zero-order valence-electron chi connectivity index (χ0n) is 23.7. The quantitative estimate of drug-likeness (QED) is 0.214. The summed E-state index contributed by atoms with van der Waals surface area (Å²) in [6.45, 7) is 14.6. The molecule has 0 spiro atoms. The van der Waals surface area contributed by atoms with E-state index in [0.29, 0.717) is 22.1 Å². The molecule has 2 fully saturated rings. The van der Waals surface area contributed by atoms with Crippen molar-refractivity contribution in [2.75, 3.05) is 0 Å². The van der Waals surface area contributed by atoms with Gasteiger partial charge in [-0.15, -0.1) is 0 Å². The third-order valence-corrected chi connectivity index (χ3v) is 8.31. The van der Waals surface area contributed by atoms with E-state index in [-0.39, 0.29) is 0 Å². The zero-order valence-corrected chi connectivity index (χ0v) is 23.7. The second-order valence-electron chi connectivity index (χ2n) is 12.2. The molecule has 0 saturated carbocycles. The lowest BCUT2D eigenvalue weighted by Crippen LogP contribution is -2.41. The van der Waals surface area contributed by atoms with Gasteiger partial charge in [-0.2, -0.15) is 26.3 Å². The fourth-order valence-electron chi connectivity index (χ4n) is 4.44. The molecular weight excluding hydrogens is 536 g/mol. The molecule has 0 aliphatic carbocycles. The third-order valence-electron chi connectivity index (χ3n) is 8.31. The van der Waals surface area contributed by atoms with Gasteiger partial charge in [0.15, 0.2) is 0 Å². The van der Waals surface area contributed by atoms with Crippen LogP contribution in [-0.2, 0) is 31.0 Å². The first kappa shape index (κ1) is 30.7. The molecule has 2 heterocycles. The maximum Gasteiger partial charge on any atom is 0.495 e. The third kappa shape index (κ3) is 5.60. The van der Waals surface area contributed by atoms with Crippen LogP contribution in [0.2, 0.25) is 0 Å². The Bertz CT molecular complexity index is 1150. The predicted molar refractivity (Wildman–Crippen MR) is 142 cm³/mol. The molecule has 0 N–H and O–H groups in total. The molecule has 216 valence electrons. The van der Waals surface area contributed by atoms with E-state index in [9.17, 15) is 26.3 Å². The average Bonchev–Trinajstić information content (AvgIpc) is 3.15. The van der Waals surface area contributed by atoms with Crippen molar-refractivity contribution in [2.45, 2.75) is 90.1 Å². The van der Waals surface area contributed by atoms with Crippen LogP contribution in [0.1, 0.15) is 77.6 Å². The van der Waals surface area contributed by atoms with Gasteiger partial charge < -0.3 is 18.6 Å². The molecular formula is C28H32B2F6O4. The summed E-state index contributed by atoms with van der Waals surface area (Å²) in [7, 11) is -2.20. The van der Waals surface area contributed by atoms with Crippen molar-refractivity contribution in [3.05, 3.63) is 70.8 Å². The summed E-state index contributed by atoms with van der Waals surface area (Å²) in [6.07, 6.45) is -9.12. The van der Waals surface area contributed by atoms with Crippen LogP contribution in [0, 0.1) is 0 Å². The Morgan fingerprint density at radius 3 is 0.900 bits per heavy atom. The van der Waals surface area contributed by atoms with Crippen molar-refractivity contribution in [2.24, 2.45) is 0 Å². The molecule has 2 aromatic carbocycles. The Morgan fingerprint density at radius 2 is 0.700 bits per heavy atom. The van der Waals surface area contributed by atoms with E-state index in [1.54, 1.807) is 0 Å². The number of benzene rings is 2. The molecule has 0 radical (unpaired) electrons. The van der Waals surface area contributed by atoms with E-state index in [1.807, 2.05) is 55.4 Å². The minimum absolute atomic E-state index is 0.297. The lowest BCUT2D eigenvalue weighted by atomic mass is 9.60. The van der Waals surface area contributed by atoms with Crippen molar-refractivity contribution >= 4 is 25.2 Å². The van der Waals surface area contributed by atoms with Gasteiger partial charge in [0.1, 0.15) is 0 Å². The minimum Gasteiger partial charge on any atom is -0.399 e. The summed E-state index contributed by atoms with van der Waals surface area (Å²) in [6, 6.07) is 8.92. The Morgan fingerprint density at radius 1 is 0.475 bits per heavy atom. The molecule has 40 heavy (non-hydrogen) atoms. The largest absolute Gasteiger partial charge is 0.495 e. The van der Waals surface area contributed by atoms with Crippen LogP contribution in [0.15, 0.2) is 48.5 Å². The maximum absolute atomic E-state index is 13.4. The van der Waals surface area contributed by atoms with Gasteiger partial charge in [0.2, 0.25) is 0 Å². The van der Waals surface area contributed by atoms with E-state index in [2.05, 4.69) is 0 Å². The van der Waals surface area contributed by atoms with E-state index in [1.165, 1.54) is 24.3 Å². The van der Waals surface area contributed by atoms with Gasteiger partial charge in [-0.25, -0.2) is 0 Å². The highest BCUT2D eigenvalue weighted by Crippen LogP contribution is 2.47. The Hall–Kier alpha value is -2.27. The molecule has 2 aromatic rings. The molecule has 0 unspecified atom stereocenters. The number of rotatable bonds is 4. The first-order valence-corrected chi connectivity index (χ1v) is 12.9. The van der Waals surface area contributed by atoms with E-state index in [4.69, 9.17) is 18.6 Å². The smallest absolute Gasteiger partial charge is 0.399 e. The fourth-order valence-corrected chi connectivity index (χ4v) is 4.44. The lowest BCUT2D eigenvalue weighted by molar-refractivity contribution is -0.138. The maximum atomic E-state index is 13.4. The second kappa shape index (κ2) is 9.64. The Labute approximate surface area is 231 Å². The number of hydrogen-bond donors (Lipinski definition) is 0. The van der Waals surface area contributed by atoms with Gasteiger partial charge >= 0.3 is 26.6 Å². The van der Waals surface area contributed by atoms with E-state index < -0.39 is 60.1 Å². The van der Waals surface area contributed by atoms with Gasteiger partial charge in [-0.3, -0.25) is 0 Å². The first-order valence-electron chi connectivity index (χ1n) is 12.9. The van der Waals surface area contributed by atoms with Crippen LogP contribution >= 0.6 is 0 Å². The van der Waals surface area contributed by atoms with Crippen LogP contribution < -0.4 is 0 Å². The standard InChI is InChI=1S/C28H32B2F6O4/c1-23(2)24(3,4)38-29(37-23)21(17-9-13-19(14-10-17)27(31,32)33)22(30-39-25(5,6)26(7,8)40-30)18-11-15-20(16-12-18)28(34,35)36/h9-16H,1-8H3/b22-21-. The van der Waals surface area contributed by atoms with Crippen LogP contribution in [0.3, 0.4) is 0 Å². The topological polar surface area (TPSA) is 36.9 Å². The summed E-state index contributed by atoms with van der Waals surface area (Å²) in [5, 5.41) is 0. The lowest BCUT2D eigenvalue weighted by Gasteiger charge is -2.32. The Kier molecular flexibility index (Phi) is 7.40. The molecule has 0 atom stereocenters. The van der Waals surface area contributed by atoms with Gasteiger partial charge in [0.05, 0.1) is 33.5 Å². The SMILES string of the molecule is CC1(C)OB(/C(=C(\B2OC(C)(C)C(C)(C)O2)c2ccc(C(F)(F)F)cc2)c2ccc(C(F)(F)F)cc2)OC1(C)C. The van der Waals surface area contributed by atoms with Crippen molar-refractivity contribution in [1.29, 1.82) is 0 Å². The molecule has 2 aliphatic rings. The van der Waals surface area contributed by atoms with Gasteiger partial charge in [-0.05, 0) is 102 Å². The molecule has 2 saturated heterocycles. The number of hydrogen-bond acceptors (Lipinski definition) is 4. The highest BCUT2D eigenvalue weighted by Gasteiger charge is 2.57. The summed E-state index contributed by atoms with van der Waals surface area (Å²) in [5.41, 5.74) is -3.77. The number of halogens is 6. The van der Waals surface area contributed by atoms with Gasteiger partial charge in [0.25, 0.3) is 0 Å². The molecule has 4 rings (SSSR count). The highest BCUT2D eigenvalue weighted by molar-refractivity contribution is 6.82. The van der Waals surface area contributed by atoms with Crippen LogP contribution in [-0.4, -0.2) is 36.6 Å². The van der Waals surface area contributed by atoms with Crippen LogP contribution in [0.5, 0.6) is 0 Å². The molecule has 4 nitrogen and oxygen atoms in total. The monoisotopic (exact) mass is 568 g/mol. The summed E-state index contributed by atoms with van der Waals surface area (Å²) >= 11 is 0. The van der Waals surface area contributed by atoms with E-state index >= 15 is 0 Å². The minimum atomic E-state index is -4.56. The van der Waals surface area contributed by atoms with Crippen LogP contribution in [0.25, 0.3) is 10.9 Å². The molecule has 12 heteroatoms. The van der Waals surface area contributed by atoms with Gasteiger partial charge in [-0.1, -0.05) is 24.3 Å². The van der Waals surface area contributed by atoms with Crippen molar-refractivity contribution in [1.82, 2.24) is 0 Å². The van der Waals surface area contributed by atoms with Gasteiger partial charge in [0, 0.05) is 0 Å². The molecule has 0 amide bonds. The average molecular weight is 568 g/mol. The molecule has 0 aromatic heterocycles. The molecule has 0 bridgehead atoms. The summed E-state index contributed by atoms with van der Waals surface area (Å²) in [4.78, 5) is 0. The highest BCUT2D eigenvalue weighted by atomic mass is 19.4. The predicted octanol–water partition coefficient (Wildman–Crippen LogP) is 7.90. The molecule has 2 aliphatic heterocycles. The summed E-state index contributed by atoms with van der Waals surface area (Å²) < 4.78 is 106. The Balaban J connectivity index is 2.00.